The third-order valence-corrected chi connectivity index (χ3v) is 4.81. The first-order valence-electron chi connectivity index (χ1n) is 9.70. The van der Waals surface area contributed by atoms with Crippen LogP contribution in [0.4, 0.5) is 17.3 Å². The molecule has 2 heterocycles. The number of rotatable bonds is 5. The van der Waals surface area contributed by atoms with Crippen LogP contribution in [0.15, 0.2) is 30.5 Å². The van der Waals surface area contributed by atoms with Gasteiger partial charge in [-0.25, -0.2) is 14.8 Å². The van der Waals surface area contributed by atoms with Crippen molar-refractivity contribution in [3.05, 3.63) is 47.3 Å². The summed E-state index contributed by atoms with van der Waals surface area (Å²) >= 11 is 0. The van der Waals surface area contributed by atoms with Gasteiger partial charge in [-0.05, 0) is 49.6 Å². The molecular weight excluding hydrogens is 384 g/mol. The maximum Gasteiger partial charge on any atom is 0.359 e. The van der Waals surface area contributed by atoms with Crippen LogP contribution < -0.4 is 10.6 Å². The summed E-state index contributed by atoms with van der Waals surface area (Å²) in [6.45, 7) is 3.54. The summed E-state index contributed by atoms with van der Waals surface area (Å²) < 4.78 is 6.82. The molecule has 1 aliphatic carbocycles. The molecule has 0 aliphatic heterocycles. The predicted molar refractivity (Wildman–Crippen MR) is 112 cm³/mol. The minimum atomic E-state index is -0.413. The van der Waals surface area contributed by atoms with Crippen molar-refractivity contribution < 1.29 is 14.3 Å². The number of nitrogens with zero attached hydrogens (tertiary/aromatic N) is 4. The molecule has 0 bridgehead atoms. The van der Waals surface area contributed by atoms with Gasteiger partial charge in [0.25, 0.3) is 0 Å². The van der Waals surface area contributed by atoms with Crippen molar-refractivity contribution in [3.63, 3.8) is 0 Å². The molecule has 1 amide bonds. The fourth-order valence-electron chi connectivity index (χ4n) is 3.55. The summed E-state index contributed by atoms with van der Waals surface area (Å²) in [7, 11) is 1.80. The normalized spacial score (nSPS) is 12.0. The van der Waals surface area contributed by atoms with Crippen LogP contribution in [0.25, 0.3) is 11.4 Å². The van der Waals surface area contributed by atoms with Crippen LogP contribution in [0.3, 0.4) is 0 Å². The molecule has 0 saturated carbocycles. The number of esters is 1. The number of hydrogen-bond donors (Lipinski definition) is 2. The fraction of sp³-hybridized carbons (Fsp3) is 0.286. The van der Waals surface area contributed by atoms with Gasteiger partial charge in [0.2, 0.25) is 11.9 Å². The maximum atomic E-state index is 12.3. The summed E-state index contributed by atoms with van der Waals surface area (Å²) in [5.41, 5.74) is 5.28. The highest BCUT2D eigenvalue weighted by molar-refractivity contribution is 5.92. The lowest BCUT2D eigenvalue weighted by atomic mass is 9.93. The third kappa shape index (κ3) is 3.73. The second-order valence-electron chi connectivity index (χ2n) is 6.97. The van der Waals surface area contributed by atoms with Gasteiger partial charge in [0.15, 0.2) is 5.69 Å². The molecule has 154 valence electrons. The van der Waals surface area contributed by atoms with E-state index < -0.39 is 5.97 Å². The summed E-state index contributed by atoms with van der Waals surface area (Å²) in [4.78, 5) is 32.5. The van der Waals surface area contributed by atoms with Crippen LogP contribution in [0.1, 0.15) is 35.5 Å². The van der Waals surface area contributed by atoms with Crippen molar-refractivity contribution >= 4 is 29.2 Å². The number of nitrogens with one attached hydrogen (secondary N) is 2. The number of carbonyl (C=O) groups excluding carboxylic acids is 2. The third-order valence-electron chi connectivity index (χ3n) is 4.81. The van der Waals surface area contributed by atoms with E-state index in [9.17, 15) is 9.59 Å². The van der Waals surface area contributed by atoms with E-state index in [1.165, 1.54) is 6.92 Å². The van der Waals surface area contributed by atoms with E-state index in [1.807, 2.05) is 12.1 Å². The molecule has 0 saturated heterocycles. The van der Waals surface area contributed by atoms with Crippen LogP contribution in [0, 0.1) is 0 Å². The highest BCUT2D eigenvalue weighted by Crippen LogP contribution is 2.34. The molecule has 9 heteroatoms. The lowest BCUT2D eigenvalue weighted by Crippen LogP contribution is -2.12. The van der Waals surface area contributed by atoms with Crippen molar-refractivity contribution in [3.8, 4) is 11.4 Å². The van der Waals surface area contributed by atoms with E-state index in [2.05, 4.69) is 20.7 Å². The molecule has 2 N–H and O–H groups in total. The number of carbonyl (C=O) groups is 2. The lowest BCUT2D eigenvalue weighted by molar-refractivity contribution is -0.114. The Labute approximate surface area is 173 Å². The van der Waals surface area contributed by atoms with E-state index in [-0.39, 0.29) is 5.91 Å². The van der Waals surface area contributed by atoms with Gasteiger partial charge < -0.3 is 15.4 Å². The number of fused-ring (bicyclic) bond motifs is 3. The smallest absolute Gasteiger partial charge is 0.359 e. The van der Waals surface area contributed by atoms with Gasteiger partial charge in [0.05, 0.1) is 18.0 Å². The fourth-order valence-corrected chi connectivity index (χ4v) is 3.55. The zero-order chi connectivity index (χ0) is 21.3. The number of hydrogen-bond acceptors (Lipinski definition) is 7. The van der Waals surface area contributed by atoms with Crippen molar-refractivity contribution in [2.75, 3.05) is 17.2 Å². The van der Waals surface area contributed by atoms with E-state index in [0.717, 1.165) is 34.6 Å². The Bertz CT molecular complexity index is 1120. The first kappa shape index (κ1) is 19.6. The number of anilines is 3. The van der Waals surface area contributed by atoms with Gasteiger partial charge in [-0.1, -0.05) is 0 Å². The van der Waals surface area contributed by atoms with Gasteiger partial charge in [-0.2, -0.15) is 5.10 Å². The first-order valence-corrected chi connectivity index (χ1v) is 9.70. The quantitative estimate of drug-likeness (QED) is 0.627. The standard InChI is InChI=1S/C21H22N6O3/c1-4-30-20(29)18-16-10-5-13-11-22-21(25-17(13)19(16)27(3)26-18)24-15-8-6-14(7-9-15)23-12(2)28/h6-9,11H,4-5,10H2,1-3H3,(H,23,28)(H,22,24,25). The van der Waals surface area contributed by atoms with Crippen LogP contribution >= 0.6 is 0 Å². The van der Waals surface area contributed by atoms with Gasteiger partial charge >= 0.3 is 5.97 Å². The second-order valence-corrected chi connectivity index (χ2v) is 6.97. The Morgan fingerprint density at radius 2 is 1.90 bits per heavy atom. The highest BCUT2D eigenvalue weighted by Gasteiger charge is 2.29. The molecule has 1 aliphatic rings. The van der Waals surface area contributed by atoms with E-state index in [1.54, 1.807) is 37.0 Å². The molecule has 0 fully saturated rings. The van der Waals surface area contributed by atoms with Crippen molar-refractivity contribution in [1.29, 1.82) is 0 Å². The maximum absolute atomic E-state index is 12.3. The predicted octanol–water partition coefficient (Wildman–Crippen LogP) is 2.85. The Balaban J connectivity index is 1.63. The minimum Gasteiger partial charge on any atom is -0.461 e. The molecule has 0 unspecified atom stereocenters. The van der Waals surface area contributed by atoms with Crippen LogP contribution in [0.5, 0.6) is 0 Å². The lowest BCUT2D eigenvalue weighted by Gasteiger charge is -2.17. The Kier molecular flexibility index (Phi) is 5.18. The topological polar surface area (TPSA) is 111 Å². The van der Waals surface area contributed by atoms with Crippen molar-refractivity contribution in [2.24, 2.45) is 7.05 Å². The van der Waals surface area contributed by atoms with Gasteiger partial charge in [0, 0.05) is 37.1 Å². The zero-order valence-corrected chi connectivity index (χ0v) is 17.0. The molecule has 0 spiro atoms. The molecule has 0 radical (unpaired) electrons. The molecule has 9 nitrogen and oxygen atoms in total. The number of ether oxygens (including phenoxy) is 1. The van der Waals surface area contributed by atoms with Gasteiger partial charge in [0.1, 0.15) is 0 Å². The van der Waals surface area contributed by atoms with Crippen LogP contribution in [-0.2, 0) is 29.4 Å². The Morgan fingerprint density at radius 3 is 2.60 bits per heavy atom. The molecule has 3 aromatic rings. The minimum absolute atomic E-state index is 0.122. The summed E-state index contributed by atoms with van der Waals surface area (Å²) in [5, 5.41) is 10.3. The second kappa shape index (κ2) is 7.94. The highest BCUT2D eigenvalue weighted by atomic mass is 16.5. The summed E-state index contributed by atoms with van der Waals surface area (Å²) in [5.74, 6) is -0.0971. The van der Waals surface area contributed by atoms with Crippen molar-refractivity contribution in [1.82, 2.24) is 19.7 Å². The SMILES string of the molecule is CCOC(=O)c1nn(C)c2c1CCc1cnc(Nc3ccc(NC(C)=O)cc3)nc1-2. The summed E-state index contributed by atoms with van der Waals surface area (Å²) in [6.07, 6.45) is 3.22. The first-order chi connectivity index (χ1) is 14.5. The average Bonchev–Trinajstić information content (AvgIpc) is 3.06. The van der Waals surface area contributed by atoms with Gasteiger partial charge in [-0.3, -0.25) is 9.48 Å². The number of aryl methyl sites for hydroxylation is 2. The Morgan fingerprint density at radius 1 is 1.17 bits per heavy atom. The van der Waals surface area contributed by atoms with Crippen LogP contribution in [0.2, 0.25) is 0 Å². The number of aromatic nitrogens is 4. The molecular formula is C21H22N6O3. The van der Waals surface area contributed by atoms with Crippen LogP contribution in [-0.4, -0.2) is 38.2 Å². The van der Waals surface area contributed by atoms with E-state index in [4.69, 9.17) is 9.72 Å². The molecule has 1 aromatic carbocycles. The average molecular weight is 406 g/mol. The van der Waals surface area contributed by atoms with Crippen molar-refractivity contribution in [2.45, 2.75) is 26.7 Å². The van der Waals surface area contributed by atoms with E-state index in [0.29, 0.717) is 30.4 Å². The number of amides is 1. The monoisotopic (exact) mass is 406 g/mol. The Hall–Kier alpha value is -3.75. The summed E-state index contributed by atoms with van der Waals surface area (Å²) in [6, 6.07) is 7.27. The molecule has 0 atom stereocenters. The number of benzene rings is 1. The van der Waals surface area contributed by atoms with E-state index >= 15 is 0 Å². The molecule has 4 rings (SSSR count). The zero-order valence-electron chi connectivity index (χ0n) is 17.0. The molecule has 2 aromatic heterocycles. The molecule has 30 heavy (non-hydrogen) atoms. The largest absolute Gasteiger partial charge is 0.461 e. The van der Waals surface area contributed by atoms with Gasteiger partial charge in [-0.15, -0.1) is 0 Å².